The molecule has 2 N–H and O–H groups in total. The summed E-state index contributed by atoms with van der Waals surface area (Å²) in [6.45, 7) is 8.67. The van der Waals surface area contributed by atoms with Crippen LogP contribution < -0.4 is 10.6 Å². The minimum atomic E-state index is 0.468. The quantitative estimate of drug-likeness (QED) is 0.783. The van der Waals surface area contributed by atoms with Crippen molar-refractivity contribution in [3.05, 3.63) is 22.9 Å². The van der Waals surface area contributed by atoms with Gasteiger partial charge in [0.05, 0.1) is 5.56 Å². The molecule has 1 aliphatic carbocycles. The molecule has 1 heterocycles. The van der Waals surface area contributed by atoms with Crippen molar-refractivity contribution in [2.45, 2.75) is 52.9 Å². The Morgan fingerprint density at radius 1 is 1.33 bits per heavy atom. The lowest BCUT2D eigenvalue weighted by Gasteiger charge is -2.28. The van der Waals surface area contributed by atoms with Crippen molar-refractivity contribution in [1.29, 1.82) is 0 Å². The number of hydrogen-bond acceptors (Lipinski definition) is 3. The molecular weight excluding hydrogens is 278 g/mol. The van der Waals surface area contributed by atoms with E-state index in [9.17, 15) is 0 Å². The van der Waals surface area contributed by atoms with Crippen LogP contribution in [0.4, 0.5) is 5.82 Å². The number of aromatic nitrogens is 1. The van der Waals surface area contributed by atoms with Gasteiger partial charge in [0.1, 0.15) is 10.8 Å². The SMILES string of the molecule is CCC(CC)CN(CC)c1nc2c(cc1C(N)=S)CCC2. The first-order valence-corrected chi connectivity index (χ1v) is 8.58. The first kappa shape index (κ1) is 16.2. The first-order chi connectivity index (χ1) is 10.1. The second-order valence-electron chi connectivity index (χ2n) is 5.90. The van der Waals surface area contributed by atoms with Crippen molar-refractivity contribution in [3.63, 3.8) is 0 Å². The van der Waals surface area contributed by atoms with Crippen LogP contribution in [0.5, 0.6) is 0 Å². The smallest absolute Gasteiger partial charge is 0.139 e. The summed E-state index contributed by atoms with van der Waals surface area (Å²) in [6, 6.07) is 2.18. The van der Waals surface area contributed by atoms with E-state index in [4.69, 9.17) is 22.9 Å². The zero-order valence-corrected chi connectivity index (χ0v) is 14.3. The summed E-state index contributed by atoms with van der Waals surface area (Å²) < 4.78 is 0. The van der Waals surface area contributed by atoms with Crippen LogP contribution in [0.15, 0.2) is 6.07 Å². The molecule has 0 aliphatic heterocycles. The Morgan fingerprint density at radius 3 is 2.62 bits per heavy atom. The lowest BCUT2D eigenvalue weighted by atomic mass is 10.0. The predicted octanol–water partition coefficient (Wildman–Crippen LogP) is 3.47. The molecule has 0 radical (unpaired) electrons. The summed E-state index contributed by atoms with van der Waals surface area (Å²) in [7, 11) is 0. The summed E-state index contributed by atoms with van der Waals surface area (Å²) in [4.78, 5) is 7.75. The minimum absolute atomic E-state index is 0.468. The zero-order valence-electron chi connectivity index (χ0n) is 13.5. The van der Waals surface area contributed by atoms with Gasteiger partial charge < -0.3 is 10.6 Å². The van der Waals surface area contributed by atoms with Gasteiger partial charge in [-0.1, -0.05) is 38.9 Å². The highest BCUT2D eigenvalue weighted by Crippen LogP contribution is 2.28. The fourth-order valence-electron chi connectivity index (χ4n) is 3.11. The third kappa shape index (κ3) is 3.54. The maximum absolute atomic E-state index is 5.96. The summed E-state index contributed by atoms with van der Waals surface area (Å²) in [6.07, 6.45) is 5.78. The van der Waals surface area contributed by atoms with Crippen molar-refractivity contribution in [1.82, 2.24) is 4.98 Å². The van der Waals surface area contributed by atoms with Crippen LogP contribution in [-0.4, -0.2) is 23.1 Å². The molecule has 21 heavy (non-hydrogen) atoms. The van der Waals surface area contributed by atoms with Crippen molar-refractivity contribution < 1.29 is 0 Å². The molecule has 1 aromatic heterocycles. The van der Waals surface area contributed by atoms with Crippen LogP contribution >= 0.6 is 12.2 Å². The van der Waals surface area contributed by atoms with Gasteiger partial charge in [-0.05, 0) is 43.7 Å². The zero-order chi connectivity index (χ0) is 15.4. The first-order valence-electron chi connectivity index (χ1n) is 8.18. The van der Waals surface area contributed by atoms with Crippen molar-refractivity contribution in [2.75, 3.05) is 18.0 Å². The van der Waals surface area contributed by atoms with Gasteiger partial charge in [-0.2, -0.15) is 0 Å². The Bertz CT molecular complexity index is 509. The molecule has 2 rings (SSSR count). The van der Waals surface area contributed by atoms with Gasteiger partial charge in [-0.3, -0.25) is 0 Å². The predicted molar refractivity (Wildman–Crippen MR) is 94.1 cm³/mol. The standard InChI is InChI=1S/C17H27N3S/c1-4-12(5-2)11-20(6-3)17-14(16(18)21)10-13-8-7-9-15(13)19-17/h10,12H,4-9,11H2,1-3H3,(H2,18,21). The molecule has 0 fully saturated rings. The highest BCUT2D eigenvalue weighted by Gasteiger charge is 2.21. The number of rotatable bonds is 7. The molecule has 1 aliphatic rings. The Balaban J connectivity index is 2.37. The van der Waals surface area contributed by atoms with Crippen molar-refractivity contribution in [2.24, 2.45) is 11.7 Å². The van der Waals surface area contributed by atoms with Gasteiger partial charge in [-0.25, -0.2) is 4.98 Å². The van der Waals surface area contributed by atoms with Crippen LogP contribution in [-0.2, 0) is 12.8 Å². The van der Waals surface area contributed by atoms with Gasteiger partial charge in [0, 0.05) is 18.8 Å². The number of hydrogen-bond donors (Lipinski definition) is 1. The van der Waals surface area contributed by atoms with E-state index in [2.05, 4.69) is 31.7 Å². The van der Waals surface area contributed by atoms with Gasteiger partial charge in [0.2, 0.25) is 0 Å². The van der Waals surface area contributed by atoms with Crippen LogP contribution in [0.3, 0.4) is 0 Å². The normalized spacial score (nSPS) is 13.5. The van der Waals surface area contributed by atoms with Crippen LogP contribution in [0.25, 0.3) is 0 Å². The number of anilines is 1. The molecule has 1 aromatic rings. The van der Waals surface area contributed by atoms with Gasteiger partial charge in [-0.15, -0.1) is 0 Å². The molecule has 0 atom stereocenters. The van der Waals surface area contributed by atoms with Crippen molar-refractivity contribution in [3.8, 4) is 0 Å². The van der Waals surface area contributed by atoms with Crippen LogP contribution in [0.1, 0.15) is 56.9 Å². The molecular formula is C17H27N3S. The van der Waals surface area contributed by atoms with E-state index in [1.165, 1.54) is 30.5 Å². The Labute approximate surface area is 133 Å². The molecule has 0 spiro atoms. The number of aryl methyl sites for hydroxylation is 2. The monoisotopic (exact) mass is 305 g/mol. The van der Waals surface area contributed by atoms with E-state index < -0.39 is 0 Å². The highest BCUT2D eigenvalue weighted by molar-refractivity contribution is 7.80. The van der Waals surface area contributed by atoms with E-state index in [1.54, 1.807) is 0 Å². The lowest BCUT2D eigenvalue weighted by Crippen LogP contribution is -2.32. The molecule has 3 nitrogen and oxygen atoms in total. The topological polar surface area (TPSA) is 42.2 Å². The largest absolute Gasteiger partial charge is 0.389 e. The van der Waals surface area contributed by atoms with Crippen LogP contribution in [0, 0.1) is 5.92 Å². The Kier molecular flexibility index (Phi) is 5.57. The third-order valence-electron chi connectivity index (χ3n) is 4.61. The summed E-state index contributed by atoms with van der Waals surface area (Å²) >= 11 is 5.27. The van der Waals surface area contributed by atoms with E-state index in [-0.39, 0.29) is 0 Å². The Hall–Kier alpha value is -1.16. The molecule has 0 saturated heterocycles. The number of nitrogens with two attached hydrogens (primary N) is 1. The minimum Gasteiger partial charge on any atom is -0.389 e. The fourth-order valence-corrected chi connectivity index (χ4v) is 3.26. The molecule has 116 valence electrons. The fraction of sp³-hybridized carbons (Fsp3) is 0.647. The van der Waals surface area contributed by atoms with E-state index in [1.807, 2.05) is 0 Å². The number of pyridine rings is 1. The number of nitrogens with zero attached hydrogens (tertiary/aromatic N) is 2. The lowest BCUT2D eigenvalue weighted by molar-refractivity contribution is 0.484. The molecule has 0 bridgehead atoms. The Morgan fingerprint density at radius 2 is 2.05 bits per heavy atom. The molecule has 0 aromatic carbocycles. The average molecular weight is 305 g/mol. The maximum atomic E-state index is 5.96. The second kappa shape index (κ2) is 7.21. The van der Waals surface area contributed by atoms with Crippen LogP contribution in [0.2, 0.25) is 0 Å². The highest BCUT2D eigenvalue weighted by atomic mass is 32.1. The molecule has 4 heteroatoms. The average Bonchev–Trinajstić information content (AvgIpc) is 2.94. The van der Waals surface area contributed by atoms with Gasteiger partial charge in [0.15, 0.2) is 0 Å². The van der Waals surface area contributed by atoms with Gasteiger partial charge in [0.25, 0.3) is 0 Å². The number of thiocarbonyl (C=S) groups is 1. The summed E-state index contributed by atoms with van der Waals surface area (Å²) in [5, 5.41) is 0. The third-order valence-corrected chi connectivity index (χ3v) is 4.83. The summed E-state index contributed by atoms with van der Waals surface area (Å²) in [5.74, 6) is 1.69. The molecule has 0 amide bonds. The van der Waals surface area contributed by atoms with E-state index in [0.29, 0.717) is 10.9 Å². The number of fused-ring (bicyclic) bond motifs is 1. The summed E-state index contributed by atoms with van der Waals surface area (Å²) in [5.41, 5.74) is 9.50. The maximum Gasteiger partial charge on any atom is 0.139 e. The molecule has 0 saturated carbocycles. The van der Waals surface area contributed by atoms with E-state index in [0.717, 1.165) is 37.3 Å². The second-order valence-corrected chi connectivity index (χ2v) is 6.34. The van der Waals surface area contributed by atoms with E-state index >= 15 is 0 Å². The van der Waals surface area contributed by atoms with Crippen molar-refractivity contribution >= 4 is 23.0 Å². The molecule has 0 unspecified atom stereocenters. The van der Waals surface area contributed by atoms with Gasteiger partial charge >= 0.3 is 0 Å².